The molecule has 0 rings (SSSR count). The lowest BCUT2D eigenvalue weighted by molar-refractivity contribution is -0.906. The third-order valence-electron chi connectivity index (χ3n) is 2.07. The average Bonchev–Trinajstić information content (AvgIpc) is 2.06. The van der Waals surface area contributed by atoms with Crippen LogP contribution in [0.4, 0.5) is 0 Å². The molecule has 0 amide bonds. The summed E-state index contributed by atoms with van der Waals surface area (Å²) in [6, 6.07) is 0. The van der Waals surface area contributed by atoms with Gasteiger partial charge in [-0.25, -0.2) is 0 Å². The highest BCUT2D eigenvalue weighted by Crippen LogP contribution is 2.07. The summed E-state index contributed by atoms with van der Waals surface area (Å²) in [6.45, 7) is 18.8. The van der Waals surface area contributed by atoms with Crippen LogP contribution in [-0.2, 0) is 0 Å². The van der Waals surface area contributed by atoms with Gasteiger partial charge >= 0.3 is 1.43 Å². The van der Waals surface area contributed by atoms with Gasteiger partial charge in [-0.3, -0.25) is 0 Å². The van der Waals surface area contributed by atoms with Crippen molar-refractivity contribution in [3.05, 3.63) is 50.6 Å². The molecule has 0 aliphatic heterocycles. The highest BCUT2D eigenvalue weighted by atomic mass is 16.0. The molecule has 0 bridgehead atoms. The first-order valence-electron chi connectivity index (χ1n) is 4.53. The van der Waals surface area contributed by atoms with E-state index in [2.05, 4.69) is 26.3 Å². The zero-order valence-corrected chi connectivity index (χ0v) is 8.91. The molecule has 0 aromatic carbocycles. The Morgan fingerprint density at radius 3 is 1.07 bits per heavy atom. The van der Waals surface area contributed by atoms with E-state index in [0.29, 0.717) is 0 Å². The minimum atomic E-state index is 0. The Bertz CT molecular complexity index is 156. The fraction of sp³-hybridized carbons (Fsp3) is 0.333. The quantitative estimate of drug-likeness (QED) is 0.420. The van der Waals surface area contributed by atoms with E-state index in [-0.39, 0.29) is 6.90 Å². The van der Waals surface area contributed by atoms with Crippen LogP contribution in [-0.4, -0.2) is 36.1 Å². The highest BCUT2D eigenvalue weighted by molar-refractivity contribution is 4.79. The van der Waals surface area contributed by atoms with Crippen LogP contribution in [0.25, 0.3) is 0 Å². The maximum Gasteiger partial charge on any atom is 1.00 e. The van der Waals surface area contributed by atoms with E-state index >= 15 is 0 Å². The lowest BCUT2D eigenvalue weighted by Gasteiger charge is -2.35. The lowest BCUT2D eigenvalue weighted by Crippen LogP contribution is -2.48. The molecule has 14 heavy (non-hydrogen) atoms. The Balaban J connectivity index is -0.000000720. The summed E-state index contributed by atoms with van der Waals surface area (Å²) < 4.78 is 0.903. The monoisotopic (exact) mass is 197 g/mol. The molecule has 0 saturated carbocycles. The molecule has 0 heterocycles. The van der Waals surface area contributed by atoms with Crippen molar-refractivity contribution in [3.63, 3.8) is 0 Å². The van der Waals surface area contributed by atoms with Gasteiger partial charge in [0.05, 0.1) is 26.2 Å². The molecule has 2 heteroatoms. The molecule has 0 aliphatic carbocycles. The highest BCUT2D eigenvalue weighted by Gasteiger charge is 2.20. The average molecular weight is 197 g/mol. The van der Waals surface area contributed by atoms with Crippen LogP contribution in [0.3, 0.4) is 0 Å². The van der Waals surface area contributed by atoms with E-state index in [1.165, 1.54) is 0 Å². The van der Waals surface area contributed by atoms with Gasteiger partial charge in [0.2, 0.25) is 0 Å². The van der Waals surface area contributed by atoms with Crippen molar-refractivity contribution < 1.29 is 11.4 Å². The van der Waals surface area contributed by atoms with Crippen LogP contribution in [0.2, 0.25) is 0 Å². The summed E-state index contributed by atoms with van der Waals surface area (Å²) in [5.74, 6) is 0. The Labute approximate surface area is 88.9 Å². The smallest absolute Gasteiger partial charge is 0.412 e. The standard InChI is InChI=1S/C12H20N.H2O/c1-5-9-13(10-6-2,11-7-3)12-8-4;/h5-8H,1-4,9-12H2;1H2/q+1;/p+1. The van der Waals surface area contributed by atoms with Crippen molar-refractivity contribution >= 4 is 0 Å². The summed E-state index contributed by atoms with van der Waals surface area (Å²) in [5.41, 5.74) is 0. The molecule has 0 atom stereocenters. The zero-order chi connectivity index (χ0) is 10.2. The number of rotatable bonds is 8. The van der Waals surface area contributed by atoms with Gasteiger partial charge < -0.3 is 9.96 Å². The van der Waals surface area contributed by atoms with Gasteiger partial charge in [0.25, 0.3) is 0 Å². The number of hydrogen-bond donors (Lipinski definition) is 0. The Morgan fingerprint density at radius 2 is 0.929 bits per heavy atom. The molecule has 2 N–H and O–H groups in total. The van der Waals surface area contributed by atoms with E-state index in [4.69, 9.17) is 0 Å². The Kier molecular flexibility index (Phi) is 9.30. The zero-order valence-electron chi connectivity index (χ0n) is 9.91. The predicted molar refractivity (Wildman–Crippen MR) is 65.2 cm³/mol. The van der Waals surface area contributed by atoms with Gasteiger partial charge in [0.15, 0.2) is 0 Å². The van der Waals surface area contributed by atoms with Crippen LogP contribution in [0.5, 0.6) is 0 Å². The van der Waals surface area contributed by atoms with Crippen LogP contribution in [0, 0.1) is 0 Å². The fourth-order valence-electron chi connectivity index (χ4n) is 1.54. The maximum atomic E-state index is 3.77. The number of nitrogens with zero attached hydrogens (tertiary/aromatic N) is 1. The van der Waals surface area contributed by atoms with Crippen molar-refractivity contribution in [3.8, 4) is 0 Å². The SMILES string of the molecule is C=CC[N+](CC=C)(CC=C)CC=C.O.[H+]. The molecule has 0 aromatic rings. The third kappa shape index (κ3) is 4.80. The molecule has 0 saturated heterocycles. The predicted octanol–water partition coefficient (Wildman–Crippen LogP) is 1.83. The second-order valence-corrected chi connectivity index (χ2v) is 3.23. The molecule has 0 aliphatic rings. The molecule has 0 fully saturated rings. The second-order valence-electron chi connectivity index (χ2n) is 3.23. The summed E-state index contributed by atoms with van der Waals surface area (Å²) in [4.78, 5) is 0. The van der Waals surface area contributed by atoms with Crippen LogP contribution >= 0.6 is 0 Å². The van der Waals surface area contributed by atoms with Crippen LogP contribution < -0.4 is 0 Å². The first kappa shape index (κ1) is 15.4. The molecule has 0 spiro atoms. The van der Waals surface area contributed by atoms with Crippen molar-refractivity contribution in [1.82, 2.24) is 0 Å². The van der Waals surface area contributed by atoms with Crippen LogP contribution in [0.15, 0.2) is 50.6 Å². The Hall–Kier alpha value is -1.12. The lowest BCUT2D eigenvalue weighted by atomic mass is 10.3. The minimum Gasteiger partial charge on any atom is -0.412 e. The summed E-state index contributed by atoms with van der Waals surface area (Å²) >= 11 is 0. The van der Waals surface area contributed by atoms with E-state index in [9.17, 15) is 0 Å². The molecule has 2 nitrogen and oxygen atoms in total. The van der Waals surface area contributed by atoms with E-state index in [1.807, 2.05) is 24.3 Å². The summed E-state index contributed by atoms with van der Waals surface area (Å²) in [7, 11) is 0. The van der Waals surface area contributed by atoms with E-state index < -0.39 is 0 Å². The molecule has 0 aromatic heterocycles. The van der Waals surface area contributed by atoms with Crippen molar-refractivity contribution in [2.45, 2.75) is 0 Å². The van der Waals surface area contributed by atoms with Crippen molar-refractivity contribution in [1.29, 1.82) is 0 Å². The van der Waals surface area contributed by atoms with E-state index in [1.54, 1.807) is 0 Å². The van der Waals surface area contributed by atoms with Crippen molar-refractivity contribution in [2.24, 2.45) is 0 Å². The normalized spacial score (nSPS) is 9.71. The molecule has 80 valence electrons. The number of quaternary nitrogens is 1. The summed E-state index contributed by atoms with van der Waals surface area (Å²) in [5, 5.41) is 0. The molecule has 0 unspecified atom stereocenters. The Morgan fingerprint density at radius 1 is 0.714 bits per heavy atom. The fourth-order valence-corrected chi connectivity index (χ4v) is 1.54. The van der Waals surface area contributed by atoms with Gasteiger partial charge in [0, 0.05) is 0 Å². The van der Waals surface area contributed by atoms with Crippen molar-refractivity contribution in [2.75, 3.05) is 26.2 Å². The topological polar surface area (TPSA) is 31.5 Å². The van der Waals surface area contributed by atoms with E-state index in [0.717, 1.165) is 30.7 Å². The largest absolute Gasteiger partial charge is 1.00 e. The van der Waals surface area contributed by atoms with Crippen LogP contribution in [0.1, 0.15) is 1.43 Å². The molecule has 0 radical (unpaired) electrons. The van der Waals surface area contributed by atoms with Gasteiger partial charge in [-0.15, -0.1) is 0 Å². The number of hydrogen-bond acceptors (Lipinski definition) is 0. The van der Waals surface area contributed by atoms with Gasteiger partial charge in [-0.2, -0.15) is 0 Å². The first-order valence-corrected chi connectivity index (χ1v) is 4.53. The maximum absolute atomic E-state index is 3.77. The minimum absolute atomic E-state index is 0. The second kappa shape index (κ2) is 8.48. The van der Waals surface area contributed by atoms with Gasteiger partial charge in [0.1, 0.15) is 0 Å². The van der Waals surface area contributed by atoms with Gasteiger partial charge in [-0.1, -0.05) is 26.3 Å². The molecular formula is C12H23NO+2. The van der Waals surface area contributed by atoms with Gasteiger partial charge in [-0.05, 0) is 24.3 Å². The third-order valence-corrected chi connectivity index (χ3v) is 2.07. The summed E-state index contributed by atoms with van der Waals surface area (Å²) in [6.07, 6.45) is 7.76. The molecular weight excluding hydrogens is 174 g/mol. The first-order chi connectivity index (χ1) is 6.24.